The molecule has 1 aromatic rings. The molecule has 9 heteroatoms. The number of thioether (sulfide) groups is 1. The van der Waals surface area contributed by atoms with Crippen LogP contribution in [0.4, 0.5) is 5.69 Å². The fourth-order valence-electron chi connectivity index (χ4n) is 6.32. The molecule has 200 valence electrons. The van der Waals surface area contributed by atoms with Crippen LogP contribution in [-0.4, -0.2) is 69.6 Å². The van der Waals surface area contributed by atoms with Crippen molar-refractivity contribution in [3.8, 4) is 0 Å². The summed E-state index contributed by atoms with van der Waals surface area (Å²) in [6, 6.07) is 5.60. The van der Waals surface area contributed by atoms with Gasteiger partial charge in [-0.15, -0.1) is 24.9 Å². The Morgan fingerprint density at radius 1 is 1.35 bits per heavy atom. The zero-order valence-electron chi connectivity index (χ0n) is 21.3. The lowest BCUT2D eigenvalue weighted by Crippen LogP contribution is -2.59. The van der Waals surface area contributed by atoms with Crippen molar-refractivity contribution in [3.63, 3.8) is 0 Å². The Labute approximate surface area is 227 Å². The third-order valence-electron chi connectivity index (χ3n) is 7.95. The van der Waals surface area contributed by atoms with Gasteiger partial charge in [-0.05, 0) is 44.2 Å². The molecule has 3 saturated heterocycles. The van der Waals surface area contributed by atoms with Crippen LogP contribution < -0.4 is 4.90 Å². The van der Waals surface area contributed by atoms with E-state index in [0.29, 0.717) is 23.6 Å². The van der Waals surface area contributed by atoms with Crippen LogP contribution in [0.3, 0.4) is 0 Å². The molecule has 0 saturated carbocycles. The van der Waals surface area contributed by atoms with Crippen molar-refractivity contribution in [1.29, 1.82) is 0 Å². The Morgan fingerprint density at radius 3 is 2.73 bits per heavy atom. The number of amides is 2. The molecule has 3 aliphatic rings. The Kier molecular flexibility index (Phi) is 8.41. The topological polar surface area (TPSA) is 87.2 Å². The fourth-order valence-corrected chi connectivity index (χ4v) is 8.95. The summed E-state index contributed by atoms with van der Waals surface area (Å²) < 4.78 is 4.80. The Morgan fingerprint density at radius 2 is 2.08 bits per heavy atom. The number of unbranched alkanes of at least 4 members (excludes halogenated alkanes) is 1. The number of allylic oxidation sites excluding steroid dienone is 1. The molecule has 1 spiro atoms. The molecule has 2 amide bonds. The number of para-hydroxylation sites is 1. The third-order valence-corrected chi connectivity index (χ3v) is 10.3. The SMILES string of the molecule is C=CCCCOC(=O)[C@@H]1[C@@H]2CC(C)C3(S2)C(C(=O)N(CC=C)c2ccccc2Cl)N([C@H](C)CO)C(=O)[C@H]13. The highest BCUT2D eigenvalue weighted by molar-refractivity contribution is 8.02. The number of ether oxygens (including phenoxy) is 1. The van der Waals surface area contributed by atoms with Crippen molar-refractivity contribution in [1.82, 2.24) is 4.90 Å². The predicted molar refractivity (Wildman–Crippen MR) is 146 cm³/mol. The summed E-state index contributed by atoms with van der Waals surface area (Å²) in [6.45, 7) is 11.5. The molecular formula is C28H35ClN2O5S. The van der Waals surface area contributed by atoms with Crippen molar-refractivity contribution in [3.05, 3.63) is 54.6 Å². The van der Waals surface area contributed by atoms with Gasteiger partial charge in [0.05, 0.1) is 46.5 Å². The van der Waals surface area contributed by atoms with E-state index in [1.807, 2.05) is 0 Å². The van der Waals surface area contributed by atoms with E-state index >= 15 is 0 Å². The molecule has 2 bridgehead atoms. The van der Waals surface area contributed by atoms with Crippen LogP contribution in [0.1, 0.15) is 33.1 Å². The monoisotopic (exact) mass is 546 g/mol. The quantitative estimate of drug-likeness (QED) is 0.256. The van der Waals surface area contributed by atoms with Crippen LogP contribution >= 0.6 is 23.4 Å². The summed E-state index contributed by atoms with van der Waals surface area (Å²) in [5.74, 6) is -2.26. The predicted octanol–water partition coefficient (Wildman–Crippen LogP) is 4.09. The number of nitrogens with zero attached hydrogens (tertiary/aromatic N) is 2. The van der Waals surface area contributed by atoms with Crippen LogP contribution in [0.25, 0.3) is 0 Å². The minimum atomic E-state index is -0.869. The summed E-state index contributed by atoms with van der Waals surface area (Å²) >= 11 is 8.07. The summed E-state index contributed by atoms with van der Waals surface area (Å²) in [4.78, 5) is 44.9. The molecule has 37 heavy (non-hydrogen) atoms. The number of anilines is 1. The maximum Gasteiger partial charge on any atom is 0.310 e. The number of fused-ring (bicyclic) bond motifs is 1. The zero-order chi connectivity index (χ0) is 26.9. The van der Waals surface area contributed by atoms with E-state index in [4.69, 9.17) is 16.3 Å². The maximum atomic E-state index is 14.5. The highest BCUT2D eigenvalue weighted by Gasteiger charge is 2.77. The summed E-state index contributed by atoms with van der Waals surface area (Å²) in [6.07, 6.45) is 5.51. The lowest BCUT2D eigenvalue weighted by molar-refractivity contribution is -0.155. The second kappa shape index (κ2) is 11.2. The van der Waals surface area contributed by atoms with Gasteiger partial charge in [0.2, 0.25) is 5.91 Å². The molecule has 4 rings (SSSR count). The first-order valence-electron chi connectivity index (χ1n) is 12.8. The second-order valence-corrected chi connectivity index (χ2v) is 12.1. The largest absolute Gasteiger partial charge is 0.465 e. The van der Waals surface area contributed by atoms with E-state index in [9.17, 15) is 19.5 Å². The van der Waals surface area contributed by atoms with Gasteiger partial charge in [0.25, 0.3) is 5.91 Å². The van der Waals surface area contributed by atoms with Gasteiger partial charge < -0.3 is 19.6 Å². The number of aliphatic hydroxyl groups excluding tert-OH is 1. The summed E-state index contributed by atoms with van der Waals surface area (Å²) in [5.41, 5.74) is 0.529. The number of benzene rings is 1. The summed E-state index contributed by atoms with van der Waals surface area (Å²) in [5, 5.41) is 10.4. The van der Waals surface area contributed by atoms with E-state index in [2.05, 4.69) is 20.1 Å². The van der Waals surface area contributed by atoms with Crippen molar-refractivity contribution in [2.45, 2.75) is 55.2 Å². The Hall–Kier alpha value is -2.29. The Balaban J connectivity index is 1.76. The van der Waals surface area contributed by atoms with Crippen LogP contribution in [-0.2, 0) is 19.1 Å². The number of rotatable bonds is 11. The lowest BCUT2D eigenvalue weighted by Gasteiger charge is -2.41. The number of hydrogen-bond donors (Lipinski definition) is 1. The fraction of sp³-hybridized carbons (Fsp3) is 0.536. The van der Waals surface area contributed by atoms with Gasteiger partial charge in [0.15, 0.2) is 0 Å². The van der Waals surface area contributed by atoms with Gasteiger partial charge in [-0.2, -0.15) is 0 Å². The van der Waals surface area contributed by atoms with Gasteiger partial charge in [0.1, 0.15) is 6.04 Å². The van der Waals surface area contributed by atoms with Crippen molar-refractivity contribution in [2.24, 2.45) is 17.8 Å². The molecule has 3 aliphatic heterocycles. The van der Waals surface area contributed by atoms with Crippen LogP contribution in [0.5, 0.6) is 0 Å². The first-order chi connectivity index (χ1) is 17.7. The minimum absolute atomic E-state index is 0.00272. The van der Waals surface area contributed by atoms with Gasteiger partial charge in [-0.25, -0.2) is 0 Å². The van der Waals surface area contributed by atoms with Crippen molar-refractivity contribution < 1.29 is 24.2 Å². The number of carbonyl (C=O) groups is 3. The normalized spacial score (nSPS) is 30.6. The molecular weight excluding hydrogens is 512 g/mol. The molecule has 0 aromatic heterocycles. The molecule has 0 radical (unpaired) electrons. The highest BCUT2D eigenvalue weighted by Crippen LogP contribution is 2.69. The number of hydrogen-bond acceptors (Lipinski definition) is 6. The average Bonchev–Trinajstić information content (AvgIpc) is 3.48. The van der Waals surface area contributed by atoms with Gasteiger partial charge in [-0.1, -0.05) is 42.8 Å². The zero-order valence-corrected chi connectivity index (χ0v) is 22.9. The van der Waals surface area contributed by atoms with Crippen LogP contribution in [0, 0.1) is 17.8 Å². The lowest BCUT2D eigenvalue weighted by atomic mass is 9.66. The van der Waals surface area contributed by atoms with Gasteiger partial charge >= 0.3 is 5.97 Å². The molecule has 0 aliphatic carbocycles. The van der Waals surface area contributed by atoms with E-state index in [-0.39, 0.29) is 48.7 Å². The van der Waals surface area contributed by atoms with Crippen LogP contribution in [0.15, 0.2) is 49.6 Å². The van der Waals surface area contributed by atoms with Gasteiger partial charge in [0, 0.05) is 11.8 Å². The number of halogens is 1. The molecule has 7 atom stereocenters. The van der Waals surface area contributed by atoms with E-state index in [1.165, 1.54) is 4.90 Å². The van der Waals surface area contributed by atoms with Crippen molar-refractivity contribution in [2.75, 3.05) is 24.7 Å². The van der Waals surface area contributed by atoms with Gasteiger partial charge in [-0.3, -0.25) is 14.4 Å². The third kappa shape index (κ3) is 4.51. The molecule has 3 fully saturated rings. The van der Waals surface area contributed by atoms with Crippen LogP contribution in [0.2, 0.25) is 5.02 Å². The van der Waals surface area contributed by atoms with E-state index < -0.39 is 28.7 Å². The first kappa shape index (κ1) is 27.7. The minimum Gasteiger partial charge on any atom is -0.465 e. The standard InChI is InChI=1S/C28H35ClN2O5S/c1-5-7-10-14-36-27(35)22-21-15-17(3)28(37-21)23(22)25(33)31(18(4)16-32)24(28)26(34)30(13-6-2)20-12-9-8-11-19(20)29/h5-6,8-9,11-12,17-18,21-24,32H,1-2,7,10,13-16H2,3-4H3/t17?,18-,21+,22-,23+,24?,28?/m1/s1. The number of carbonyl (C=O) groups excluding carboxylic acids is 3. The maximum absolute atomic E-state index is 14.5. The summed E-state index contributed by atoms with van der Waals surface area (Å²) in [7, 11) is 0. The number of esters is 1. The number of likely N-dealkylation sites (tertiary alicyclic amines) is 1. The first-order valence-corrected chi connectivity index (χ1v) is 14.0. The molecule has 1 N–H and O–H groups in total. The number of aliphatic hydroxyl groups is 1. The average molecular weight is 547 g/mol. The van der Waals surface area contributed by atoms with E-state index in [1.54, 1.807) is 60.0 Å². The highest BCUT2D eigenvalue weighted by atomic mass is 35.5. The molecule has 1 aromatic carbocycles. The Bertz CT molecular complexity index is 1080. The molecule has 3 heterocycles. The van der Waals surface area contributed by atoms with E-state index in [0.717, 1.165) is 6.42 Å². The smallest absolute Gasteiger partial charge is 0.310 e. The second-order valence-electron chi connectivity index (χ2n) is 10.1. The van der Waals surface area contributed by atoms with Crippen molar-refractivity contribution >= 4 is 46.8 Å². The molecule has 7 nitrogen and oxygen atoms in total. The molecule has 3 unspecified atom stereocenters.